The van der Waals surface area contributed by atoms with Gasteiger partial charge in [-0.25, -0.2) is 0 Å². The lowest BCUT2D eigenvalue weighted by atomic mass is 10.2. The van der Waals surface area contributed by atoms with Crippen molar-refractivity contribution in [2.75, 3.05) is 31.2 Å². The summed E-state index contributed by atoms with van der Waals surface area (Å²) in [7, 11) is 0. The lowest BCUT2D eigenvalue weighted by Gasteiger charge is -2.29. The second kappa shape index (κ2) is 11.9. The van der Waals surface area contributed by atoms with Gasteiger partial charge in [-0.3, -0.25) is 4.90 Å². The fraction of sp³-hybridized carbons (Fsp3) is 0.478. The first kappa shape index (κ1) is 22.4. The van der Waals surface area contributed by atoms with Crippen LogP contribution < -0.4 is 16.2 Å². The zero-order valence-electron chi connectivity index (χ0n) is 17.5. The van der Waals surface area contributed by atoms with E-state index in [4.69, 9.17) is 16.2 Å². The summed E-state index contributed by atoms with van der Waals surface area (Å²) >= 11 is 1.67. The van der Waals surface area contributed by atoms with Crippen LogP contribution in [0, 0.1) is 0 Å². The average molecular weight is 402 g/mol. The fourth-order valence-corrected chi connectivity index (χ4v) is 3.82. The molecular weight excluding hydrogens is 366 g/mol. The number of nitrogen functional groups attached to an aromatic ring is 2. The highest BCUT2D eigenvalue weighted by atomic mass is 32.2. The van der Waals surface area contributed by atoms with Gasteiger partial charge in [-0.2, -0.15) is 0 Å². The molecule has 0 fully saturated rings. The van der Waals surface area contributed by atoms with Crippen molar-refractivity contribution in [1.29, 1.82) is 0 Å². The summed E-state index contributed by atoms with van der Waals surface area (Å²) in [5, 5.41) is 0. The van der Waals surface area contributed by atoms with Crippen LogP contribution in [0.25, 0.3) is 0 Å². The summed E-state index contributed by atoms with van der Waals surface area (Å²) < 4.78 is 6.06. The minimum Gasteiger partial charge on any atom is -0.492 e. The SMILES string of the molecule is CCCCN(CCCC)C(C)COc1ccc(Sc2ccc(N)c(N)c2)cc1. The van der Waals surface area contributed by atoms with E-state index < -0.39 is 0 Å². The molecule has 0 aliphatic carbocycles. The Morgan fingerprint density at radius 1 is 0.893 bits per heavy atom. The van der Waals surface area contributed by atoms with Crippen LogP contribution in [0.15, 0.2) is 52.3 Å². The van der Waals surface area contributed by atoms with Crippen molar-refractivity contribution >= 4 is 23.1 Å². The maximum Gasteiger partial charge on any atom is 0.119 e. The Morgan fingerprint density at radius 2 is 1.50 bits per heavy atom. The number of unbranched alkanes of at least 4 members (excludes halogenated alkanes) is 2. The number of nitrogens with zero attached hydrogens (tertiary/aromatic N) is 1. The summed E-state index contributed by atoms with van der Waals surface area (Å²) in [6, 6.07) is 14.4. The van der Waals surface area contributed by atoms with E-state index in [2.05, 4.69) is 37.8 Å². The molecule has 0 radical (unpaired) electrons. The summed E-state index contributed by atoms with van der Waals surface area (Å²) in [6.45, 7) is 9.78. The molecule has 4 nitrogen and oxygen atoms in total. The second-order valence-electron chi connectivity index (χ2n) is 7.27. The van der Waals surface area contributed by atoms with Crippen LogP contribution in [0.3, 0.4) is 0 Å². The van der Waals surface area contributed by atoms with Crippen molar-refractivity contribution in [3.8, 4) is 5.75 Å². The molecule has 4 N–H and O–H groups in total. The first-order valence-electron chi connectivity index (χ1n) is 10.3. The molecule has 2 aromatic rings. The maximum absolute atomic E-state index is 6.06. The van der Waals surface area contributed by atoms with Crippen LogP contribution >= 0.6 is 11.8 Å². The number of hydrogen-bond donors (Lipinski definition) is 2. The van der Waals surface area contributed by atoms with E-state index in [-0.39, 0.29) is 0 Å². The molecule has 0 aromatic heterocycles. The molecule has 2 aromatic carbocycles. The Labute approximate surface area is 174 Å². The molecule has 0 aliphatic rings. The highest BCUT2D eigenvalue weighted by molar-refractivity contribution is 7.99. The zero-order valence-corrected chi connectivity index (χ0v) is 18.3. The van der Waals surface area contributed by atoms with Crippen molar-refractivity contribution in [2.24, 2.45) is 0 Å². The topological polar surface area (TPSA) is 64.5 Å². The lowest BCUT2D eigenvalue weighted by Crippen LogP contribution is -2.38. The highest BCUT2D eigenvalue weighted by Crippen LogP contribution is 2.31. The minimum atomic E-state index is 0.421. The van der Waals surface area contributed by atoms with Gasteiger partial charge in [-0.1, -0.05) is 38.5 Å². The van der Waals surface area contributed by atoms with Gasteiger partial charge in [-0.05, 0) is 75.3 Å². The van der Waals surface area contributed by atoms with Crippen LogP contribution in [0.2, 0.25) is 0 Å². The van der Waals surface area contributed by atoms with E-state index >= 15 is 0 Å². The van der Waals surface area contributed by atoms with Crippen LogP contribution in [0.4, 0.5) is 11.4 Å². The molecule has 0 amide bonds. The third-order valence-corrected chi connectivity index (χ3v) is 5.83. The molecule has 0 bridgehead atoms. The smallest absolute Gasteiger partial charge is 0.119 e. The quantitative estimate of drug-likeness (QED) is 0.449. The predicted molar refractivity (Wildman–Crippen MR) is 122 cm³/mol. The lowest BCUT2D eigenvalue weighted by molar-refractivity contribution is 0.142. The number of hydrogen-bond acceptors (Lipinski definition) is 5. The summed E-state index contributed by atoms with van der Waals surface area (Å²) in [6.07, 6.45) is 4.95. The molecule has 2 rings (SSSR count). The first-order chi connectivity index (χ1) is 13.5. The van der Waals surface area contributed by atoms with Crippen LogP contribution in [0.1, 0.15) is 46.5 Å². The molecule has 1 unspecified atom stereocenters. The maximum atomic E-state index is 6.06. The van der Waals surface area contributed by atoms with Crippen molar-refractivity contribution in [3.63, 3.8) is 0 Å². The van der Waals surface area contributed by atoms with Crippen LogP contribution in [-0.2, 0) is 0 Å². The average Bonchev–Trinajstić information content (AvgIpc) is 2.70. The number of rotatable bonds is 12. The Hall–Kier alpha value is -1.85. The first-order valence-corrected chi connectivity index (χ1v) is 11.1. The van der Waals surface area contributed by atoms with Crippen molar-refractivity contribution in [1.82, 2.24) is 4.90 Å². The van der Waals surface area contributed by atoms with Gasteiger partial charge in [0, 0.05) is 15.8 Å². The van der Waals surface area contributed by atoms with Gasteiger partial charge in [-0.15, -0.1) is 0 Å². The molecule has 0 aliphatic heterocycles. The van der Waals surface area contributed by atoms with Crippen molar-refractivity contribution < 1.29 is 4.74 Å². The summed E-state index contributed by atoms with van der Waals surface area (Å²) in [4.78, 5) is 4.79. The summed E-state index contributed by atoms with van der Waals surface area (Å²) in [5.41, 5.74) is 12.9. The minimum absolute atomic E-state index is 0.421. The van der Waals surface area contributed by atoms with Gasteiger partial charge in [0.1, 0.15) is 12.4 Å². The predicted octanol–water partition coefficient (Wildman–Crippen LogP) is 5.67. The molecule has 0 heterocycles. The Bertz CT molecular complexity index is 697. The summed E-state index contributed by atoms with van der Waals surface area (Å²) in [5.74, 6) is 0.916. The number of anilines is 2. The standard InChI is InChI=1S/C23H35N3OS/c1-4-6-14-26(15-7-5-2)18(3)17-27-19-8-10-20(11-9-19)28-21-12-13-22(24)23(25)16-21/h8-13,16,18H,4-7,14-15,17,24-25H2,1-3H3. The van der Waals surface area contributed by atoms with E-state index in [1.165, 1.54) is 25.7 Å². The third-order valence-electron chi connectivity index (χ3n) is 4.83. The molecular formula is C23H35N3OS. The molecule has 5 heteroatoms. The van der Waals surface area contributed by atoms with Gasteiger partial charge in [0.15, 0.2) is 0 Å². The van der Waals surface area contributed by atoms with Gasteiger partial charge >= 0.3 is 0 Å². The third kappa shape index (κ3) is 7.28. The van der Waals surface area contributed by atoms with Crippen molar-refractivity contribution in [3.05, 3.63) is 42.5 Å². The highest BCUT2D eigenvalue weighted by Gasteiger charge is 2.13. The molecule has 0 saturated heterocycles. The van der Waals surface area contributed by atoms with Gasteiger partial charge < -0.3 is 16.2 Å². The van der Waals surface area contributed by atoms with E-state index in [1.807, 2.05) is 30.3 Å². The zero-order chi connectivity index (χ0) is 20.4. The van der Waals surface area contributed by atoms with E-state index in [0.29, 0.717) is 24.0 Å². The number of benzene rings is 2. The normalized spacial score (nSPS) is 12.3. The fourth-order valence-electron chi connectivity index (χ4n) is 2.95. The van der Waals surface area contributed by atoms with Gasteiger partial charge in [0.05, 0.1) is 11.4 Å². The Morgan fingerprint density at radius 3 is 2.07 bits per heavy atom. The van der Waals surface area contributed by atoms with E-state index in [9.17, 15) is 0 Å². The van der Waals surface area contributed by atoms with Crippen LogP contribution in [0.5, 0.6) is 5.75 Å². The molecule has 1 atom stereocenters. The van der Waals surface area contributed by atoms with Crippen molar-refractivity contribution in [2.45, 2.75) is 62.3 Å². The molecule has 28 heavy (non-hydrogen) atoms. The monoisotopic (exact) mass is 401 g/mol. The Balaban J connectivity index is 1.87. The largest absolute Gasteiger partial charge is 0.492 e. The van der Waals surface area contributed by atoms with Gasteiger partial charge in [0.25, 0.3) is 0 Å². The van der Waals surface area contributed by atoms with E-state index in [0.717, 1.165) is 28.6 Å². The second-order valence-corrected chi connectivity index (χ2v) is 8.41. The molecule has 0 spiro atoms. The van der Waals surface area contributed by atoms with Gasteiger partial charge in [0.2, 0.25) is 0 Å². The number of ether oxygens (including phenoxy) is 1. The molecule has 154 valence electrons. The number of nitrogens with two attached hydrogens (primary N) is 2. The van der Waals surface area contributed by atoms with Crippen LogP contribution in [-0.4, -0.2) is 30.6 Å². The molecule has 0 saturated carbocycles. The van der Waals surface area contributed by atoms with E-state index in [1.54, 1.807) is 11.8 Å². The Kier molecular flexibility index (Phi) is 9.51.